The molecule has 0 radical (unpaired) electrons. The van der Waals surface area contributed by atoms with Crippen LogP contribution >= 0.6 is 12.2 Å². The van der Waals surface area contributed by atoms with Crippen LogP contribution in [-0.2, 0) is 4.79 Å². The second-order valence-electron chi connectivity index (χ2n) is 2.64. The lowest BCUT2D eigenvalue weighted by atomic mass is 10.0. The predicted octanol–water partition coefficient (Wildman–Crippen LogP) is -1.78. The molecule has 2 rings (SSSR count). The summed E-state index contributed by atoms with van der Waals surface area (Å²) in [6.07, 6.45) is 1.47. The fourth-order valence-electron chi connectivity index (χ4n) is 1.17. The van der Waals surface area contributed by atoms with Crippen molar-refractivity contribution in [2.24, 2.45) is 0 Å². The van der Waals surface area contributed by atoms with E-state index in [9.17, 15) is 4.79 Å². The minimum absolute atomic E-state index is 0.163. The first-order chi connectivity index (χ1) is 6.61. The van der Waals surface area contributed by atoms with E-state index in [2.05, 4.69) is 15.4 Å². The summed E-state index contributed by atoms with van der Waals surface area (Å²) < 4.78 is 0. The molecule has 3 N–H and O–H groups in total. The molecule has 0 saturated carbocycles. The molecule has 0 fully saturated rings. The van der Waals surface area contributed by atoms with Gasteiger partial charge in [0.15, 0.2) is 0 Å². The topological polar surface area (TPSA) is 103 Å². The second-order valence-corrected chi connectivity index (χ2v) is 3.08. The second kappa shape index (κ2) is 2.81. The van der Waals surface area contributed by atoms with Crippen molar-refractivity contribution in [3.8, 4) is 0 Å². The molecule has 14 heavy (non-hydrogen) atoms. The van der Waals surface area contributed by atoms with Gasteiger partial charge in [0.05, 0.1) is 15.9 Å². The lowest BCUT2D eigenvalue weighted by molar-refractivity contribution is -0.130. The van der Waals surface area contributed by atoms with Gasteiger partial charge in [-0.1, -0.05) is 17.4 Å². The highest BCUT2D eigenvalue weighted by Crippen LogP contribution is 2.01. The van der Waals surface area contributed by atoms with E-state index >= 15 is 0 Å². The zero-order valence-corrected chi connectivity index (χ0v) is 7.55. The van der Waals surface area contributed by atoms with E-state index in [-0.39, 0.29) is 21.5 Å². The zero-order chi connectivity index (χ0) is 10.3. The Morgan fingerprint density at radius 2 is 2.36 bits per heavy atom. The number of carbonyl (C=O) groups is 1. The summed E-state index contributed by atoms with van der Waals surface area (Å²) >= 11 is 4.83. The number of aromatic amines is 1. The fraction of sp³-hybridized carbons (Fsp3) is 0. The first-order valence-corrected chi connectivity index (χ1v) is 4.01. The summed E-state index contributed by atoms with van der Waals surface area (Å²) in [5, 5.41) is 26.5. The molecular weight excluding hydrogens is 204 g/mol. The first-order valence-electron chi connectivity index (χ1n) is 3.61. The third kappa shape index (κ3) is 1.06. The molecule has 0 saturated heterocycles. The average Bonchev–Trinajstić information content (AvgIpc) is 2.52. The number of rotatable bonds is 1. The first kappa shape index (κ1) is 8.70. The van der Waals surface area contributed by atoms with Crippen molar-refractivity contribution in [1.82, 2.24) is 15.4 Å². The van der Waals surface area contributed by atoms with Crippen molar-refractivity contribution in [2.45, 2.75) is 0 Å². The van der Waals surface area contributed by atoms with E-state index in [0.717, 1.165) is 0 Å². The van der Waals surface area contributed by atoms with Gasteiger partial charge in [-0.2, -0.15) is 0 Å². The van der Waals surface area contributed by atoms with Gasteiger partial charge in [-0.3, -0.25) is 10.5 Å². The molecule has 0 aromatic carbocycles. The molecule has 1 aliphatic rings. The van der Waals surface area contributed by atoms with Crippen LogP contribution in [0.15, 0.2) is 0 Å². The number of carboxylic acids is 1. The quantitative estimate of drug-likeness (QED) is 0.474. The van der Waals surface area contributed by atoms with Crippen LogP contribution in [0.4, 0.5) is 0 Å². The smallest absolute Gasteiger partial charge is 0.340 e. The number of hydrogen-bond acceptors (Lipinski definition) is 5. The van der Waals surface area contributed by atoms with Crippen LogP contribution in [0.5, 0.6) is 0 Å². The predicted molar refractivity (Wildman–Crippen MR) is 51.5 cm³/mol. The number of carboxylic acid groups (broad SMARTS) is 1. The number of hydrogen-bond donors (Lipinski definition) is 3. The van der Waals surface area contributed by atoms with Gasteiger partial charge in [0.1, 0.15) is 10.9 Å². The zero-order valence-electron chi connectivity index (χ0n) is 6.74. The molecule has 1 aromatic rings. The number of nitrogens with zero attached hydrogens (tertiary/aromatic N) is 2. The van der Waals surface area contributed by atoms with Crippen LogP contribution < -0.4 is 10.7 Å². The number of aromatic nitrogens is 3. The maximum Gasteiger partial charge on any atom is 0.340 e. The fourth-order valence-corrected chi connectivity index (χ4v) is 1.39. The molecule has 0 aliphatic heterocycles. The summed E-state index contributed by atoms with van der Waals surface area (Å²) in [6.45, 7) is 0. The Hall–Kier alpha value is -1.89. The lowest BCUT2D eigenvalue weighted by Gasteiger charge is -2.04. The van der Waals surface area contributed by atoms with E-state index in [1.54, 1.807) is 0 Å². The molecule has 0 bridgehead atoms. The van der Waals surface area contributed by atoms with E-state index in [1.165, 1.54) is 6.08 Å². The van der Waals surface area contributed by atoms with Crippen molar-refractivity contribution in [3.63, 3.8) is 0 Å². The van der Waals surface area contributed by atoms with Crippen LogP contribution in [0.25, 0.3) is 11.6 Å². The number of aliphatic carboxylic acids is 1. The van der Waals surface area contributed by atoms with Crippen LogP contribution in [0.1, 0.15) is 0 Å². The summed E-state index contributed by atoms with van der Waals surface area (Å²) in [7, 11) is 0. The monoisotopic (exact) mass is 208 g/mol. The van der Waals surface area contributed by atoms with Gasteiger partial charge < -0.3 is 5.11 Å². The van der Waals surface area contributed by atoms with E-state index in [4.69, 9.17) is 22.7 Å². The SMILES string of the molecule is N=C1C(=S)C=c2[nH]nnc2=C1C(=O)O. The minimum Gasteiger partial charge on any atom is -0.478 e. The molecular formula is C7H4N4O2S. The summed E-state index contributed by atoms with van der Waals surface area (Å²) in [6, 6.07) is 0. The van der Waals surface area contributed by atoms with Gasteiger partial charge in [0.2, 0.25) is 0 Å². The third-order valence-electron chi connectivity index (χ3n) is 1.80. The van der Waals surface area contributed by atoms with Crippen LogP contribution in [0, 0.1) is 5.41 Å². The van der Waals surface area contributed by atoms with Gasteiger partial charge in [-0.05, 0) is 6.08 Å². The van der Waals surface area contributed by atoms with Gasteiger partial charge in [0.25, 0.3) is 0 Å². The standard InChI is InChI=1S/C7H4N4O2S/c8-5-3(14)1-2-6(10-11-9-2)4(5)7(12)13/h1,8H,(H,9,10)(H,12,13). The van der Waals surface area contributed by atoms with Gasteiger partial charge in [-0.15, -0.1) is 5.10 Å². The Balaban J connectivity index is 2.95. The van der Waals surface area contributed by atoms with Crippen LogP contribution in [-0.4, -0.2) is 37.1 Å². The van der Waals surface area contributed by atoms with E-state index in [0.29, 0.717) is 5.35 Å². The van der Waals surface area contributed by atoms with E-state index in [1.807, 2.05) is 0 Å². The van der Waals surface area contributed by atoms with Crippen LogP contribution in [0.2, 0.25) is 0 Å². The summed E-state index contributed by atoms with van der Waals surface area (Å²) in [5.74, 6) is -1.22. The molecule has 0 unspecified atom stereocenters. The van der Waals surface area contributed by atoms with Crippen molar-refractivity contribution < 1.29 is 9.90 Å². The maximum atomic E-state index is 10.8. The normalized spacial score (nSPS) is 15.0. The van der Waals surface area contributed by atoms with E-state index < -0.39 is 5.97 Å². The average molecular weight is 208 g/mol. The Bertz CT molecular complexity index is 571. The van der Waals surface area contributed by atoms with Crippen molar-refractivity contribution in [1.29, 1.82) is 5.41 Å². The largest absolute Gasteiger partial charge is 0.478 e. The number of nitrogens with one attached hydrogen (secondary N) is 2. The molecule has 0 atom stereocenters. The highest BCUT2D eigenvalue weighted by atomic mass is 32.1. The number of H-pyrrole nitrogens is 1. The molecule has 0 amide bonds. The summed E-state index contributed by atoms with van der Waals surface area (Å²) in [4.78, 5) is 11.0. The minimum atomic E-state index is -1.22. The van der Waals surface area contributed by atoms with Crippen molar-refractivity contribution in [2.75, 3.05) is 0 Å². The lowest BCUT2D eigenvalue weighted by Crippen LogP contribution is -2.39. The molecule has 70 valence electrons. The van der Waals surface area contributed by atoms with Gasteiger partial charge in [-0.25, -0.2) is 4.79 Å². The molecule has 1 aliphatic carbocycles. The van der Waals surface area contributed by atoms with Gasteiger partial charge >= 0.3 is 5.97 Å². The van der Waals surface area contributed by atoms with Gasteiger partial charge in [0, 0.05) is 0 Å². The maximum absolute atomic E-state index is 10.8. The highest BCUT2D eigenvalue weighted by molar-refractivity contribution is 7.83. The number of thiocarbonyl (C=S) groups is 1. The van der Waals surface area contributed by atoms with Crippen molar-refractivity contribution in [3.05, 3.63) is 10.7 Å². The highest BCUT2D eigenvalue weighted by Gasteiger charge is 2.22. The molecule has 1 heterocycles. The Kier molecular flexibility index (Phi) is 1.74. The molecule has 6 nitrogen and oxygen atoms in total. The van der Waals surface area contributed by atoms with Crippen LogP contribution in [0.3, 0.4) is 0 Å². The number of fused-ring (bicyclic) bond motifs is 1. The molecule has 1 aromatic heterocycles. The Morgan fingerprint density at radius 1 is 1.64 bits per heavy atom. The summed E-state index contributed by atoms with van der Waals surface area (Å²) in [5.41, 5.74) is -0.407. The Labute approximate surface area is 82.5 Å². The third-order valence-corrected chi connectivity index (χ3v) is 2.12. The molecule has 0 spiro atoms. The molecule has 7 heteroatoms. The Morgan fingerprint density at radius 3 is 3.00 bits per heavy atom. The van der Waals surface area contributed by atoms with Crippen molar-refractivity contribution >= 4 is 40.4 Å².